The van der Waals surface area contributed by atoms with Crippen LogP contribution in [-0.2, 0) is 9.53 Å². The van der Waals surface area contributed by atoms with Gasteiger partial charge in [-0.3, -0.25) is 9.69 Å². The van der Waals surface area contributed by atoms with Gasteiger partial charge in [-0.2, -0.15) is 0 Å². The third-order valence-corrected chi connectivity index (χ3v) is 3.53. The summed E-state index contributed by atoms with van der Waals surface area (Å²) in [7, 11) is 0. The van der Waals surface area contributed by atoms with Gasteiger partial charge < -0.3 is 10.5 Å². The molecule has 0 aromatic heterocycles. The maximum Gasteiger partial charge on any atom is 0.410 e. The molecule has 1 aliphatic carbocycles. The van der Waals surface area contributed by atoms with Crippen molar-refractivity contribution in [3.05, 3.63) is 0 Å². The highest BCUT2D eigenvalue weighted by molar-refractivity contribution is 5.86. The molecule has 5 nitrogen and oxygen atoms in total. The highest BCUT2D eigenvalue weighted by Crippen LogP contribution is 2.57. The van der Waals surface area contributed by atoms with E-state index in [1.54, 1.807) is 0 Å². The Morgan fingerprint density at radius 3 is 2.29 bits per heavy atom. The molecule has 2 N–H and O–H groups in total. The van der Waals surface area contributed by atoms with Gasteiger partial charge in [0.2, 0.25) is 5.91 Å². The Labute approximate surface area is 101 Å². The number of likely N-dealkylation sites (tertiary alicyclic amines) is 1. The van der Waals surface area contributed by atoms with Gasteiger partial charge in [0.05, 0.1) is 0 Å². The van der Waals surface area contributed by atoms with Crippen molar-refractivity contribution in [3.8, 4) is 0 Å². The van der Waals surface area contributed by atoms with Crippen LogP contribution >= 0.6 is 0 Å². The monoisotopic (exact) mass is 240 g/mol. The Morgan fingerprint density at radius 1 is 1.29 bits per heavy atom. The molecule has 1 aliphatic heterocycles. The number of nitrogens with two attached hydrogens (primary N) is 1. The van der Waals surface area contributed by atoms with Crippen molar-refractivity contribution >= 4 is 12.0 Å². The highest BCUT2D eigenvalue weighted by atomic mass is 16.6. The number of rotatable bonds is 1. The SMILES string of the molecule is CC(C)(C)OC(=O)N1CCC2(CC2)[C@@H]1C(N)=O. The molecule has 2 aliphatic rings. The summed E-state index contributed by atoms with van der Waals surface area (Å²) >= 11 is 0. The van der Waals surface area contributed by atoms with Crippen molar-refractivity contribution in [2.45, 2.75) is 51.7 Å². The van der Waals surface area contributed by atoms with Crippen molar-refractivity contribution in [1.29, 1.82) is 0 Å². The molecule has 0 radical (unpaired) electrons. The molecule has 2 amide bonds. The van der Waals surface area contributed by atoms with Crippen LogP contribution in [0.15, 0.2) is 0 Å². The van der Waals surface area contributed by atoms with Crippen LogP contribution in [0.1, 0.15) is 40.0 Å². The van der Waals surface area contributed by atoms with E-state index in [1.165, 1.54) is 4.90 Å². The molecule has 0 unspecified atom stereocenters. The summed E-state index contributed by atoms with van der Waals surface area (Å²) in [5.41, 5.74) is 4.83. The number of nitrogens with zero attached hydrogens (tertiary/aromatic N) is 1. The number of hydrogen-bond acceptors (Lipinski definition) is 3. The quantitative estimate of drug-likeness (QED) is 0.750. The Morgan fingerprint density at radius 2 is 1.88 bits per heavy atom. The summed E-state index contributed by atoms with van der Waals surface area (Å²) in [6.07, 6.45) is 2.41. The lowest BCUT2D eigenvalue weighted by atomic mass is 9.97. The van der Waals surface area contributed by atoms with Crippen LogP contribution in [0, 0.1) is 5.41 Å². The van der Waals surface area contributed by atoms with Gasteiger partial charge in [0.1, 0.15) is 11.6 Å². The number of carbonyl (C=O) groups excluding carboxylic acids is 2. The van der Waals surface area contributed by atoms with Crippen molar-refractivity contribution in [2.75, 3.05) is 6.54 Å². The van der Waals surface area contributed by atoms with E-state index in [-0.39, 0.29) is 5.41 Å². The van der Waals surface area contributed by atoms with Gasteiger partial charge in [0, 0.05) is 12.0 Å². The first-order chi connectivity index (χ1) is 7.75. The molecule has 2 fully saturated rings. The smallest absolute Gasteiger partial charge is 0.410 e. The minimum absolute atomic E-state index is 0.0390. The topological polar surface area (TPSA) is 72.6 Å². The zero-order chi connectivity index (χ0) is 12.8. The molecular weight excluding hydrogens is 220 g/mol. The minimum Gasteiger partial charge on any atom is -0.444 e. The van der Waals surface area contributed by atoms with Crippen LogP contribution in [0.4, 0.5) is 4.79 Å². The van der Waals surface area contributed by atoms with Crippen LogP contribution in [0.5, 0.6) is 0 Å². The van der Waals surface area contributed by atoms with Crippen LogP contribution in [0.25, 0.3) is 0 Å². The number of hydrogen-bond donors (Lipinski definition) is 1. The predicted octanol–water partition coefficient (Wildman–Crippen LogP) is 1.26. The average molecular weight is 240 g/mol. The van der Waals surface area contributed by atoms with Gasteiger partial charge in [0.15, 0.2) is 0 Å². The Kier molecular flexibility index (Phi) is 2.60. The zero-order valence-electron chi connectivity index (χ0n) is 10.7. The van der Waals surface area contributed by atoms with Crippen molar-refractivity contribution in [1.82, 2.24) is 4.90 Å². The largest absolute Gasteiger partial charge is 0.444 e. The number of amides is 2. The molecule has 1 atom stereocenters. The highest BCUT2D eigenvalue weighted by Gasteiger charge is 2.59. The van der Waals surface area contributed by atoms with Crippen molar-refractivity contribution < 1.29 is 14.3 Å². The van der Waals surface area contributed by atoms with E-state index in [9.17, 15) is 9.59 Å². The lowest BCUT2D eigenvalue weighted by Gasteiger charge is -2.28. The van der Waals surface area contributed by atoms with Crippen molar-refractivity contribution in [3.63, 3.8) is 0 Å². The van der Waals surface area contributed by atoms with E-state index in [2.05, 4.69) is 0 Å². The predicted molar refractivity (Wildman–Crippen MR) is 62.2 cm³/mol. The zero-order valence-corrected chi connectivity index (χ0v) is 10.7. The normalized spacial score (nSPS) is 26.1. The first-order valence-corrected chi connectivity index (χ1v) is 6.04. The number of primary amides is 1. The standard InChI is InChI=1S/C12H20N2O3/c1-11(2,3)17-10(16)14-7-6-12(4-5-12)8(14)9(13)15/h8H,4-7H2,1-3H3,(H2,13,15)/t8-/m0/s1. The van der Waals surface area contributed by atoms with Crippen molar-refractivity contribution in [2.24, 2.45) is 11.1 Å². The maximum atomic E-state index is 12.0. The summed E-state index contributed by atoms with van der Waals surface area (Å²) in [4.78, 5) is 25.0. The van der Waals surface area contributed by atoms with E-state index >= 15 is 0 Å². The first kappa shape index (κ1) is 12.2. The Balaban J connectivity index is 2.11. The number of carbonyl (C=O) groups is 2. The maximum absolute atomic E-state index is 12.0. The van der Waals surface area contributed by atoms with E-state index in [1.807, 2.05) is 20.8 Å². The fourth-order valence-electron chi connectivity index (χ4n) is 2.60. The molecule has 17 heavy (non-hydrogen) atoms. The summed E-state index contributed by atoms with van der Waals surface area (Å²) in [5, 5.41) is 0. The van der Waals surface area contributed by atoms with E-state index in [4.69, 9.17) is 10.5 Å². The third-order valence-electron chi connectivity index (χ3n) is 3.53. The summed E-state index contributed by atoms with van der Waals surface area (Å²) in [6.45, 7) is 6.01. The molecule has 1 spiro atoms. The lowest BCUT2D eigenvalue weighted by molar-refractivity contribution is -0.123. The Hall–Kier alpha value is -1.26. The summed E-state index contributed by atoms with van der Waals surface area (Å²) < 4.78 is 5.30. The first-order valence-electron chi connectivity index (χ1n) is 6.04. The van der Waals surface area contributed by atoms with Gasteiger partial charge >= 0.3 is 6.09 Å². The molecule has 0 aromatic rings. The molecule has 2 rings (SSSR count). The summed E-state index contributed by atoms with van der Waals surface area (Å²) in [5.74, 6) is -0.411. The second-order valence-corrected chi connectivity index (χ2v) is 6.09. The molecule has 0 bridgehead atoms. The van der Waals surface area contributed by atoms with E-state index < -0.39 is 23.6 Å². The van der Waals surface area contributed by atoms with E-state index in [0.29, 0.717) is 6.54 Å². The second-order valence-electron chi connectivity index (χ2n) is 6.09. The fourth-order valence-corrected chi connectivity index (χ4v) is 2.60. The fraction of sp³-hybridized carbons (Fsp3) is 0.833. The van der Waals surface area contributed by atoms with Crippen LogP contribution in [0.2, 0.25) is 0 Å². The minimum atomic E-state index is -0.543. The molecule has 1 saturated carbocycles. The number of ether oxygens (including phenoxy) is 1. The molecular formula is C12H20N2O3. The van der Waals surface area contributed by atoms with Crippen LogP contribution in [-0.4, -0.2) is 35.1 Å². The van der Waals surface area contributed by atoms with Crippen LogP contribution < -0.4 is 5.73 Å². The second kappa shape index (κ2) is 3.62. The van der Waals surface area contributed by atoms with Gasteiger partial charge in [-0.15, -0.1) is 0 Å². The average Bonchev–Trinajstić information content (AvgIpc) is 2.74. The van der Waals surface area contributed by atoms with Gasteiger partial charge in [0.25, 0.3) is 0 Å². The summed E-state index contributed by atoms with van der Waals surface area (Å²) in [6, 6.07) is -0.475. The van der Waals surface area contributed by atoms with E-state index in [0.717, 1.165) is 19.3 Å². The molecule has 0 aromatic carbocycles. The van der Waals surface area contributed by atoms with Gasteiger partial charge in [-0.25, -0.2) is 4.79 Å². The van der Waals surface area contributed by atoms with Crippen LogP contribution in [0.3, 0.4) is 0 Å². The molecule has 96 valence electrons. The Bertz CT molecular complexity index is 355. The molecule has 1 heterocycles. The third kappa shape index (κ3) is 2.23. The van der Waals surface area contributed by atoms with Gasteiger partial charge in [-0.05, 0) is 40.0 Å². The van der Waals surface area contributed by atoms with Gasteiger partial charge in [-0.1, -0.05) is 0 Å². The molecule has 1 saturated heterocycles. The lowest BCUT2D eigenvalue weighted by Crippen LogP contribution is -2.48. The molecule has 5 heteroatoms.